The molecule has 0 spiro atoms. The van der Waals surface area contributed by atoms with Crippen molar-refractivity contribution in [3.05, 3.63) is 52.2 Å². The summed E-state index contributed by atoms with van der Waals surface area (Å²) in [5, 5.41) is 5.83. The lowest BCUT2D eigenvalue weighted by Gasteiger charge is -2.19. The minimum atomic E-state index is -6.28. The van der Waals surface area contributed by atoms with Crippen LogP contribution in [0.5, 0.6) is 0 Å². The summed E-state index contributed by atoms with van der Waals surface area (Å²) in [6.07, 6.45) is -10.2. The number of aromatic nitrogens is 2. The van der Waals surface area contributed by atoms with E-state index in [1.807, 2.05) is 0 Å². The maximum atomic E-state index is 13.9. The molecular weight excluding hydrogens is 530 g/mol. The van der Waals surface area contributed by atoms with Gasteiger partial charge in [0.25, 0.3) is 5.91 Å². The van der Waals surface area contributed by atoms with Gasteiger partial charge < -0.3 is 5.32 Å². The second-order valence-electron chi connectivity index (χ2n) is 7.87. The highest BCUT2D eigenvalue weighted by atomic mass is 35.5. The van der Waals surface area contributed by atoms with E-state index in [4.69, 9.17) is 11.6 Å². The molecule has 0 atom stereocenters. The van der Waals surface area contributed by atoms with E-state index in [1.165, 1.54) is 24.3 Å². The normalized spacial score (nSPS) is 14.9. The number of aryl methyl sites for hydroxylation is 1. The predicted octanol–water partition coefficient (Wildman–Crippen LogP) is 7.03. The highest BCUT2D eigenvalue weighted by Crippen LogP contribution is 2.51. The fourth-order valence-corrected chi connectivity index (χ4v) is 4.68. The third-order valence-corrected chi connectivity index (χ3v) is 6.70. The van der Waals surface area contributed by atoms with Crippen LogP contribution in [0.2, 0.25) is 5.02 Å². The minimum absolute atomic E-state index is 0.0465. The van der Waals surface area contributed by atoms with E-state index in [1.54, 1.807) is 0 Å². The molecule has 1 saturated carbocycles. The fourth-order valence-electron chi connectivity index (χ4n) is 3.39. The fraction of sp³-hybridized carbons (Fsp3) is 0.333. The topological polar surface area (TPSA) is 46.9 Å². The van der Waals surface area contributed by atoms with Gasteiger partial charge >= 0.3 is 18.3 Å². The molecule has 1 amide bonds. The Hall–Kier alpha value is -2.67. The second-order valence-corrected chi connectivity index (χ2v) is 9.36. The number of halogens is 9. The van der Waals surface area contributed by atoms with E-state index < -0.39 is 41.1 Å². The summed E-state index contributed by atoms with van der Waals surface area (Å²) in [6.45, 7) is 0. The van der Waals surface area contributed by atoms with E-state index in [9.17, 15) is 39.9 Å². The SMILES string of the molecule is Cn1nc(C(F)(F)C(F)(F)F)c(C(F)(F)F)c1-c1ccc(-c2ccc(Cl)c(C(=O)NC3CC3)c2)s1. The van der Waals surface area contributed by atoms with E-state index >= 15 is 0 Å². The zero-order valence-corrected chi connectivity index (χ0v) is 19.1. The van der Waals surface area contributed by atoms with Gasteiger partial charge in [-0.3, -0.25) is 9.48 Å². The lowest BCUT2D eigenvalue weighted by atomic mass is 10.1. The van der Waals surface area contributed by atoms with Crippen LogP contribution in [-0.2, 0) is 19.1 Å². The van der Waals surface area contributed by atoms with Crippen LogP contribution in [0.3, 0.4) is 0 Å². The molecule has 2 heterocycles. The van der Waals surface area contributed by atoms with Crippen LogP contribution in [0.15, 0.2) is 30.3 Å². The van der Waals surface area contributed by atoms with Crippen molar-refractivity contribution in [3.63, 3.8) is 0 Å². The third-order valence-electron chi connectivity index (χ3n) is 5.23. The molecule has 0 saturated heterocycles. The highest BCUT2D eigenvalue weighted by molar-refractivity contribution is 7.18. The maximum Gasteiger partial charge on any atom is 0.459 e. The Morgan fingerprint density at radius 3 is 2.26 bits per heavy atom. The molecule has 0 aliphatic heterocycles. The number of hydrogen-bond donors (Lipinski definition) is 1. The molecule has 14 heteroatoms. The summed E-state index contributed by atoms with van der Waals surface area (Å²) < 4.78 is 108. The summed E-state index contributed by atoms with van der Waals surface area (Å²) in [6, 6.07) is 6.91. The van der Waals surface area contributed by atoms with Gasteiger partial charge in [0.05, 0.1) is 21.2 Å². The van der Waals surface area contributed by atoms with Gasteiger partial charge in [-0.15, -0.1) is 11.3 Å². The summed E-state index contributed by atoms with van der Waals surface area (Å²) in [7, 11) is 0.850. The molecule has 0 bridgehead atoms. The molecule has 1 aliphatic carbocycles. The summed E-state index contributed by atoms with van der Waals surface area (Å²) in [5.41, 5.74) is -5.00. The van der Waals surface area contributed by atoms with Crippen molar-refractivity contribution in [1.82, 2.24) is 15.1 Å². The first-order valence-electron chi connectivity index (χ1n) is 9.91. The molecule has 4 rings (SSSR count). The summed E-state index contributed by atoms with van der Waals surface area (Å²) in [5.74, 6) is -6.25. The van der Waals surface area contributed by atoms with E-state index in [0.29, 0.717) is 26.5 Å². The van der Waals surface area contributed by atoms with Crippen LogP contribution in [0.25, 0.3) is 21.0 Å². The first kappa shape index (κ1) is 25.4. The molecule has 0 unspecified atom stereocenters. The molecule has 1 aromatic carbocycles. The zero-order chi connectivity index (χ0) is 25.9. The molecule has 3 aromatic rings. The number of nitrogens with one attached hydrogen (secondary N) is 1. The number of benzene rings is 1. The lowest BCUT2D eigenvalue weighted by molar-refractivity contribution is -0.292. The van der Waals surface area contributed by atoms with Crippen LogP contribution in [-0.4, -0.2) is 27.9 Å². The molecule has 188 valence electrons. The number of nitrogens with zero attached hydrogens (tertiary/aromatic N) is 2. The molecule has 1 N–H and O–H groups in total. The van der Waals surface area contributed by atoms with Crippen molar-refractivity contribution in [1.29, 1.82) is 0 Å². The Kier molecular flexibility index (Phi) is 6.15. The van der Waals surface area contributed by atoms with Crippen molar-refractivity contribution in [2.75, 3.05) is 0 Å². The quantitative estimate of drug-likeness (QED) is 0.351. The van der Waals surface area contributed by atoms with Gasteiger partial charge in [-0.25, -0.2) is 0 Å². The number of thiophene rings is 1. The highest BCUT2D eigenvalue weighted by Gasteiger charge is 2.64. The molecular formula is C21H14ClF8N3OS. The van der Waals surface area contributed by atoms with Gasteiger partial charge in [0.2, 0.25) is 0 Å². The molecule has 35 heavy (non-hydrogen) atoms. The van der Waals surface area contributed by atoms with Crippen molar-refractivity contribution in [3.8, 4) is 21.0 Å². The van der Waals surface area contributed by atoms with Crippen molar-refractivity contribution >= 4 is 28.8 Å². The van der Waals surface area contributed by atoms with Gasteiger partial charge in [-0.1, -0.05) is 17.7 Å². The number of carbonyl (C=O) groups is 1. The molecule has 4 nitrogen and oxygen atoms in total. The monoisotopic (exact) mass is 543 g/mol. The van der Waals surface area contributed by atoms with Gasteiger partial charge in [0, 0.05) is 18.0 Å². The Balaban J connectivity index is 1.79. The summed E-state index contributed by atoms with van der Waals surface area (Å²) >= 11 is 6.81. The average Bonchev–Trinajstić information content (AvgIpc) is 3.27. The number of carbonyl (C=O) groups excluding carboxylic acids is 1. The number of rotatable bonds is 5. The third kappa shape index (κ3) is 4.75. The lowest BCUT2D eigenvalue weighted by Crippen LogP contribution is -2.36. The zero-order valence-electron chi connectivity index (χ0n) is 17.5. The minimum Gasteiger partial charge on any atom is -0.349 e. The standard InChI is InChI=1S/C21H14ClF8N3OS/c1-33-16(15(20(25,26)27)17(32-33)19(23,24)21(28,29)30)14-7-6-13(35-14)9-2-5-12(22)11(8-9)18(34)31-10-3-4-10/h2,5-8,10H,3-4H2,1H3,(H,31,34). The van der Waals surface area contributed by atoms with Crippen molar-refractivity contribution in [2.24, 2.45) is 7.05 Å². The van der Waals surface area contributed by atoms with Crippen molar-refractivity contribution in [2.45, 2.75) is 37.2 Å². The molecule has 1 aliphatic rings. The molecule has 1 fully saturated rings. The number of hydrogen-bond acceptors (Lipinski definition) is 3. The van der Waals surface area contributed by atoms with E-state index in [0.717, 1.165) is 26.0 Å². The van der Waals surface area contributed by atoms with Gasteiger partial charge in [0.1, 0.15) is 5.56 Å². The largest absolute Gasteiger partial charge is 0.459 e. The summed E-state index contributed by atoms with van der Waals surface area (Å²) in [4.78, 5) is 12.5. The maximum absolute atomic E-state index is 13.9. The van der Waals surface area contributed by atoms with Gasteiger partial charge in [-0.2, -0.15) is 40.2 Å². The smallest absolute Gasteiger partial charge is 0.349 e. The molecule has 0 radical (unpaired) electrons. The van der Waals surface area contributed by atoms with E-state index in [2.05, 4.69) is 10.4 Å². The first-order chi connectivity index (χ1) is 16.1. The molecule has 2 aromatic heterocycles. The first-order valence-corrected chi connectivity index (χ1v) is 11.1. The number of alkyl halides is 8. The second kappa shape index (κ2) is 8.47. The Morgan fingerprint density at radius 1 is 1.06 bits per heavy atom. The predicted molar refractivity (Wildman–Crippen MR) is 112 cm³/mol. The van der Waals surface area contributed by atoms with Gasteiger partial charge in [0.15, 0.2) is 5.69 Å². The van der Waals surface area contributed by atoms with Crippen molar-refractivity contribution < 1.29 is 39.9 Å². The van der Waals surface area contributed by atoms with Crippen LogP contribution in [0.4, 0.5) is 35.1 Å². The van der Waals surface area contributed by atoms with E-state index in [-0.39, 0.29) is 21.5 Å². The van der Waals surface area contributed by atoms with Crippen LogP contribution >= 0.6 is 22.9 Å². The van der Waals surface area contributed by atoms with Gasteiger partial charge in [-0.05, 0) is 42.7 Å². The van der Waals surface area contributed by atoms with Crippen LogP contribution < -0.4 is 5.32 Å². The van der Waals surface area contributed by atoms with Crippen LogP contribution in [0.1, 0.15) is 34.5 Å². The number of amides is 1. The Morgan fingerprint density at radius 2 is 1.69 bits per heavy atom. The average molecular weight is 544 g/mol. The Labute approximate surface area is 201 Å². The van der Waals surface area contributed by atoms with Crippen LogP contribution in [0, 0.1) is 0 Å². The Bertz CT molecular complexity index is 1290.